The zero-order chi connectivity index (χ0) is 16.2. The van der Waals surface area contributed by atoms with Gasteiger partial charge < -0.3 is 18.6 Å². The highest BCUT2D eigenvalue weighted by atomic mass is 16.5. The Morgan fingerprint density at radius 1 is 0.783 bits per heavy atom. The van der Waals surface area contributed by atoms with Crippen LogP contribution in [0.25, 0.3) is 23.1 Å². The lowest BCUT2D eigenvalue weighted by Crippen LogP contribution is -1.90. The first-order valence-corrected chi connectivity index (χ1v) is 7.21. The van der Waals surface area contributed by atoms with Crippen LogP contribution in [0.15, 0.2) is 46.9 Å². The van der Waals surface area contributed by atoms with E-state index in [1.165, 1.54) is 0 Å². The maximum atomic E-state index is 5.79. The van der Waals surface area contributed by atoms with Crippen molar-refractivity contribution in [3.8, 4) is 17.2 Å². The Kier molecular flexibility index (Phi) is 4.24. The lowest BCUT2D eigenvalue weighted by Gasteiger charge is -2.07. The minimum Gasteiger partial charge on any atom is -0.497 e. The largest absolute Gasteiger partial charge is 0.497 e. The molecule has 1 aromatic heterocycles. The molecule has 23 heavy (non-hydrogen) atoms. The van der Waals surface area contributed by atoms with Crippen molar-refractivity contribution in [1.29, 1.82) is 0 Å². The molecule has 0 N–H and O–H groups in total. The molecule has 4 nitrogen and oxygen atoms in total. The Morgan fingerprint density at radius 3 is 2.35 bits per heavy atom. The second-order valence-electron chi connectivity index (χ2n) is 5.00. The van der Waals surface area contributed by atoms with Gasteiger partial charge in [0, 0.05) is 5.39 Å². The number of ether oxygens (including phenoxy) is 3. The maximum Gasteiger partial charge on any atom is 0.161 e. The van der Waals surface area contributed by atoms with Crippen LogP contribution in [0.3, 0.4) is 0 Å². The van der Waals surface area contributed by atoms with Crippen molar-refractivity contribution in [3.63, 3.8) is 0 Å². The number of benzene rings is 2. The number of methoxy groups -OCH3 is 3. The van der Waals surface area contributed by atoms with Crippen LogP contribution in [0.5, 0.6) is 17.2 Å². The Morgan fingerprint density at radius 2 is 1.61 bits per heavy atom. The molecule has 0 saturated heterocycles. The van der Waals surface area contributed by atoms with E-state index in [0.717, 1.165) is 28.0 Å². The molecular formula is C19H18O4. The van der Waals surface area contributed by atoms with Crippen LogP contribution in [0, 0.1) is 0 Å². The summed E-state index contributed by atoms with van der Waals surface area (Å²) in [6.45, 7) is 0. The zero-order valence-electron chi connectivity index (χ0n) is 13.3. The smallest absolute Gasteiger partial charge is 0.161 e. The molecule has 0 saturated carbocycles. The first kappa shape index (κ1) is 15.0. The van der Waals surface area contributed by atoms with E-state index in [1.54, 1.807) is 21.3 Å². The molecule has 0 atom stereocenters. The number of hydrogen-bond acceptors (Lipinski definition) is 4. The minimum absolute atomic E-state index is 0.698. The van der Waals surface area contributed by atoms with E-state index < -0.39 is 0 Å². The summed E-state index contributed by atoms with van der Waals surface area (Å²) in [5.41, 5.74) is 1.83. The summed E-state index contributed by atoms with van der Waals surface area (Å²) in [5, 5.41) is 1.01. The highest BCUT2D eigenvalue weighted by Crippen LogP contribution is 2.29. The second kappa shape index (κ2) is 6.48. The van der Waals surface area contributed by atoms with Crippen LogP contribution < -0.4 is 14.2 Å². The van der Waals surface area contributed by atoms with Gasteiger partial charge in [0.1, 0.15) is 17.1 Å². The third kappa shape index (κ3) is 3.16. The van der Waals surface area contributed by atoms with Gasteiger partial charge in [-0.15, -0.1) is 0 Å². The molecule has 0 aliphatic heterocycles. The Balaban J connectivity index is 1.87. The second-order valence-corrected chi connectivity index (χ2v) is 5.00. The van der Waals surface area contributed by atoms with Crippen LogP contribution in [0.2, 0.25) is 0 Å². The van der Waals surface area contributed by atoms with Crippen LogP contribution in [0.1, 0.15) is 11.3 Å². The molecule has 0 spiro atoms. The molecule has 4 heteroatoms. The molecule has 3 aromatic rings. The van der Waals surface area contributed by atoms with E-state index in [1.807, 2.05) is 54.6 Å². The highest BCUT2D eigenvalue weighted by molar-refractivity contribution is 5.83. The molecule has 0 amide bonds. The molecular weight excluding hydrogens is 292 g/mol. The Hall–Kier alpha value is -2.88. The average Bonchev–Trinajstić information content (AvgIpc) is 3.01. The standard InChI is InChI=1S/C19H18O4/c1-20-15-7-9-17-14(11-15)12-16(23-17)6-4-13-5-8-18(21-2)19(10-13)22-3/h4-12H,1-3H3. The predicted octanol–water partition coefficient (Wildman–Crippen LogP) is 4.63. The molecule has 1 heterocycles. The summed E-state index contributed by atoms with van der Waals surface area (Å²) in [7, 11) is 4.90. The van der Waals surface area contributed by atoms with Crippen molar-refractivity contribution in [3.05, 3.63) is 53.8 Å². The maximum absolute atomic E-state index is 5.79. The minimum atomic E-state index is 0.698. The van der Waals surface area contributed by atoms with Gasteiger partial charge in [-0.1, -0.05) is 12.1 Å². The summed E-state index contributed by atoms with van der Waals surface area (Å²) in [6.07, 6.45) is 3.89. The third-order valence-electron chi connectivity index (χ3n) is 3.59. The molecule has 0 radical (unpaired) electrons. The van der Waals surface area contributed by atoms with Gasteiger partial charge in [-0.3, -0.25) is 0 Å². The summed E-state index contributed by atoms with van der Waals surface area (Å²) in [4.78, 5) is 0. The van der Waals surface area contributed by atoms with Crippen LogP contribution in [-0.4, -0.2) is 21.3 Å². The van der Waals surface area contributed by atoms with Crippen LogP contribution >= 0.6 is 0 Å². The first-order valence-electron chi connectivity index (χ1n) is 7.21. The van der Waals surface area contributed by atoms with Gasteiger partial charge in [0.15, 0.2) is 11.5 Å². The molecule has 0 fully saturated rings. The Bertz CT molecular complexity index is 846. The number of rotatable bonds is 5. The fraction of sp³-hybridized carbons (Fsp3) is 0.158. The normalized spacial score (nSPS) is 11.1. The lowest BCUT2D eigenvalue weighted by molar-refractivity contribution is 0.355. The van der Waals surface area contributed by atoms with E-state index in [0.29, 0.717) is 11.5 Å². The fourth-order valence-electron chi connectivity index (χ4n) is 2.39. The quantitative estimate of drug-likeness (QED) is 0.689. The van der Waals surface area contributed by atoms with Crippen molar-refractivity contribution in [2.24, 2.45) is 0 Å². The zero-order valence-corrected chi connectivity index (χ0v) is 13.3. The predicted molar refractivity (Wildman–Crippen MR) is 91.2 cm³/mol. The van der Waals surface area contributed by atoms with Gasteiger partial charge >= 0.3 is 0 Å². The topological polar surface area (TPSA) is 40.8 Å². The SMILES string of the molecule is COc1ccc2oc(C=Cc3ccc(OC)c(OC)c3)cc2c1. The molecule has 0 unspecified atom stereocenters. The monoisotopic (exact) mass is 310 g/mol. The Labute approximate surface area is 134 Å². The summed E-state index contributed by atoms with van der Waals surface area (Å²) < 4.78 is 21.6. The van der Waals surface area contributed by atoms with E-state index in [2.05, 4.69) is 0 Å². The van der Waals surface area contributed by atoms with Gasteiger partial charge in [-0.2, -0.15) is 0 Å². The molecule has 0 bridgehead atoms. The number of fused-ring (bicyclic) bond motifs is 1. The average molecular weight is 310 g/mol. The fourth-order valence-corrected chi connectivity index (χ4v) is 2.39. The summed E-state index contributed by atoms with van der Waals surface area (Å²) in [5.74, 6) is 3.00. The van der Waals surface area contributed by atoms with E-state index in [4.69, 9.17) is 18.6 Å². The van der Waals surface area contributed by atoms with E-state index in [-0.39, 0.29) is 0 Å². The molecule has 3 rings (SSSR count). The van der Waals surface area contributed by atoms with Crippen molar-refractivity contribution in [2.45, 2.75) is 0 Å². The molecule has 0 aliphatic rings. The first-order chi connectivity index (χ1) is 11.2. The van der Waals surface area contributed by atoms with E-state index >= 15 is 0 Å². The van der Waals surface area contributed by atoms with Crippen molar-refractivity contribution in [2.75, 3.05) is 21.3 Å². The number of hydrogen-bond donors (Lipinski definition) is 0. The summed E-state index contributed by atoms with van der Waals surface area (Å²) in [6, 6.07) is 13.5. The van der Waals surface area contributed by atoms with E-state index in [9.17, 15) is 0 Å². The van der Waals surface area contributed by atoms with Gasteiger partial charge in [0.05, 0.1) is 21.3 Å². The third-order valence-corrected chi connectivity index (χ3v) is 3.59. The van der Waals surface area contributed by atoms with Gasteiger partial charge in [-0.05, 0) is 48.0 Å². The molecule has 0 aliphatic carbocycles. The van der Waals surface area contributed by atoms with Gasteiger partial charge in [-0.25, -0.2) is 0 Å². The van der Waals surface area contributed by atoms with Crippen LogP contribution in [0.4, 0.5) is 0 Å². The molecule has 118 valence electrons. The summed E-state index contributed by atoms with van der Waals surface area (Å²) >= 11 is 0. The number of furan rings is 1. The lowest BCUT2D eigenvalue weighted by atomic mass is 10.1. The highest BCUT2D eigenvalue weighted by Gasteiger charge is 2.04. The van der Waals surface area contributed by atoms with Crippen molar-refractivity contribution < 1.29 is 18.6 Å². The van der Waals surface area contributed by atoms with Gasteiger partial charge in [0.25, 0.3) is 0 Å². The van der Waals surface area contributed by atoms with Crippen molar-refractivity contribution in [1.82, 2.24) is 0 Å². The molecule has 2 aromatic carbocycles. The van der Waals surface area contributed by atoms with Crippen molar-refractivity contribution >= 4 is 23.1 Å². The van der Waals surface area contributed by atoms with Gasteiger partial charge in [0.2, 0.25) is 0 Å². The van der Waals surface area contributed by atoms with Crippen LogP contribution in [-0.2, 0) is 0 Å².